The van der Waals surface area contributed by atoms with Gasteiger partial charge in [0.05, 0.1) is 5.56 Å². The predicted molar refractivity (Wildman–Crippen MR) is 73.6 cm³/mol. The highest BCUT2D eigenvalue weighted by atomic mass is 79.9. The first-order valence-corrected chi connectivity index (χ1v) is 6.86. The number of carbonyl (C=O) groups excluding carboxylic acids is 1. The van der Waals surface area contributed by atoms with Gasteiger partial charge < -0.3 is 5.32 Å². The molecule has 1 N–H and O–H groups in total. The van der Waals surface area contributed by atoms with Crippen LogP contribution in [0.3, 0.4) is 0 Å². The topological polar surface area (TPSA) is 29.1 Å². The number of carbonyl (C=O) groups is 1. The van der Waals surface area contributed by atoms with E-state index in [1.165, 1.54) is 0 Å². The van der Waals surface area contributed by atoms with Crippen LogP contribution in [-0.4, -0.2) is 12.5 Å². The molecule has 0 bridgehead atoms. The molecule has 2 nitrogen and oxygen atoms in total. The Bertz CT molecular complexity index is 379. The summed E-state index contributed by atoms with van der Waals surface area (Å²) in [5.41, 5.74) is 0.673. The first-order valence-electron chi connectivity index (χ1n) is 5.27. The molecule has 1 aromatic carbocycles. The zero-order chi connectivity index (χ0) is 12.1. The molecule has 0 saturated carbocycles. The molecule has 16 heavy (non-hydrogen) atoms. The second kappa shape index (κ2) is 6.40. The summed E-state index contributed by atoms with van der Waals surface area (Å²) in [6.45, 7) is 4.96. The van der Waals surface area contributed by atoms with Gasteiger partial charge in [-0.15, -0.1) is 0 Å². The Balaban J connectivity index is 2.66. The lowest BCUT2D eigenvalue weighted by Gasteiger charge is -2.11. The standard InChI is InChI=1S/C12H15Br2NO/c1-3-8(2)7-15-12(16)10-5-4-9(13)6-11(10)14/h4-6,8H,3,7H2,1-2H3,(H,15,16). The molecular weight excluding hydrogens is 334 g/mol. The third-order valence-corrected chi connectivity index (χ3v) is 3.63. The van der Waals surface area contributed by atoms with Crippen molar-refractivity contribution >= 4 is 37.8 Å². The van der Waals surface area contributed by atoms with E-state index in [4.69, 9.17) is 0 Å². The Morgan fingerprint density at radius 2 is 2.12 bits per heavy atom. The monoisotopic (exact) mass is 347 g/mol. The summed E-state index contributed by atoms with van der Waals surface area (Å²) in [6.07, 6.45) is 1.07. The Morgan fingerprint density at radius 1 is 1.44 bits per heavy atom. The van der Waals surface area contributed by atoms with E-state index in [0.29, 0.717) is 11.5 Å². The smallest absolute Gasteiger partial charge is 0.252 e. The van der Waals surface area contributed by atoms with Gasteiger partial charge in [-0.05, 0) is 40.0 Å². The molecule has 1 amide bonds. The second-order valence-electron chi connectivity index (χ2n) is 3.85. The van der Waals surface area contributed by atoms with Gasteiger partial charge in [-0.3, -0.25) is 4.79 Å². The van der Waals surface area contributed by atoms with E-state index in [-0.39, 0.29) is 5.91 Å². The molecule has 1 rings (SSSR count). The van der Waals surface area contributed by atoms with E-state index in [2.05, 4.69) is 51.0 Å². The second-order valence-corrected chi connectivity index (χ2v) is 5.62. The van der Waals surface area contributed by atoms with Gasteiger partial charge in [0.2, 0.25) is 0 Å². The van der Waals surface area contributed by atoms with E-state index in [1.807, 2.05) is 12.1 Å². The molecular formula is C12H15Br2NO. The summed E-state index contributed by atoms with van der Waals surface area (Å²) in [6, 6.07) is 5.54. The van der Waals surface area contributed by atoms with Crippen molar-refractivity contribution in [3.63, 3.8) is 0 Å². The quantitative estimate of drug-likeness (QED) is 0.875. The van der Waals surface area contributed by atoms with Crippen LogP contribution < -0.4 is 5.32 Å². The molecule has 88 valence electrons. The van der Waals surface area contributed by atoms with Crippen LogP contribution in [0.4, 0.5) is 0 Å². The molecule has 0 spiro atoms. The van der Waals surface area contributed by atoms with Gasteiger partial charge in [0.15, 0.2) is 0 Å². The van der Waals surface area contributed by atoms with Crippen LogP contribution in [0, 0.1) is 5.92 Å². The number of nitrogens with one attached hydrogen (secondary N) is 1. The Morgan fingerprint density at radius 3 is 2.69 bits per heavy atom. The summed E-state index contributed by atoms with van der Waals surface area (Å²) in [7, 11) is 0. The molecule has 0 aliphatic rings. The number of halogens is 2. The fourth-order valence-electron chi connectivity index (χ4n) is 1.18. The average Bonchev–Trinajstić information content (AvgIpc) is 2.25. The van der Waals surface area contributed by atoms with E-state index >= 15 is 0 Å². The molecule has 0 aliphatic carbocycles. The third-order valence-electron chi connectivity index (χ3n) is 2.48. The number of rotatable bonds is 4. The highest BCUT2D eigenvalue weighted by Gasteiger charge is 2.10. The predicted octanol–water partition coefficient (Wildman–Crippen LogP) is 3.99. The van der Waals surface area contributed by atoms with Crippen molar-refractivity contribution in [1.29, 1.82) is 0 Å². The summed E-state index contributed by atoms with van der Waals surface area (Å²) in [4.78, 5) is 11.8. The molecule has 0 heterocycles. The zero-order valence-corrected chi connectivity index (χ0v) is 12.6. The SMILES string of the molecule is CCC(C)CNC(=O)c1ccc(Br)cc1Br. The molecule has 4 heteroatoms. The lowest BCUT2D eigenvalue weighted by molar-refractivity contribution is 0.0947. The number of hydrogen-bond donors (Lipinski definition) is 1. The Kier molecular flexibility index (Phi) is 5.49. The molecule has 1 unspecified atom stereocenters. The van der Waals surface area contributed by atoms with E-state index < -0.39 is 0 Å². The van der Waals surface area contributed by atoms with E-state index in [9.17, 15) is 4.79 Å². The van der Waals surface area contributed by atoms with E-state index in [1.54, 1.807) is 6.07 Å². The van der Waals surface area contributed by atoms with Crippen LogP contribution in [0.2, 0.25) is 0 Å². The molecule has 0 fully saturated rings. The van der Waals surface area contributed by atoms with Crippen LogP contribution in [0.5, 0.6) is 0 Å². The van der Waals surface area contributed by atoms with Crippen molar-refractivity contribution in [2.75, 3.05) is 6.54 Å². The lowest BCUT2D eigenvalue weighted by Crippen LogP contribution is -2.28. The van der Waals surface area contributed by atoms with Crippen molar-refractivity contribution in [1.82, 2.24) is 5.32 Å². The number of hydrogen-bond acceptors (Lipinski definition) is 1. The van der Waals surface area contributed by atoms with E-state index in [0.717, 1.165) is 21.9 Å². The Labute approximate surface area is 113 Å². The maximum absolute atomic E-state index is 11.8. The molecule has 0 aliphatic heterocycles. The number of amides is 1. The van der Waals surface area contributed by atoms with Gasteiger partial charge in [0.25, 0.3) is 5.91 Å². The summed E-state index contributed by atoms with van der Waals surface area (Å²) < 4.78 is 1.77. The minimum Gasteiger partial charge on any atom is -0.352 e. The summed E-state index contributed by atoms with van der Waals surface area (Å²) in [5.74, 6) is 0.484. The minimum atomic E-state index is -0.0281. The molecule has 1 atom stereocenters. The van der Waals surface area contributed by atoms with Crippen LogP contribution >= 0.6 is 31.9 Å². The highest BCUT2D eigenvalue weighted by molar-refractivity contribution is 9.11. The van der Waals surface area contributed by atoms with Crippen LogP contribution in [0.1, 0.15) is 30.6 Å². The maximum Gasteiger partial charge on any atom is 0.252 e. The van der Waals surface area contributed by atoms with Gasteiger partial charge in [-0.2, -0.15) is 0 Å². The van der Waals surface area contributed by atoms with Crippen molar-refractivity contribution < 1.29 is 4.79 Å². The van der Waals surface area contributed by atoms with Gasteiger partial charge in [0.1, 0.15) is 0 Å². The molecule has 1 aromatic rings. The lowest BCUT2D eigenvalue weighted by atomic mass is 10.1. The maximum atomic E-state index is 11.8. The molecule has 0 saturated heterocycles. The van der Waals surface area contributed by atoms with Crippen molar-refractivity contribution in [2.45, 2.75) is 20.3 Å². The van der Waals surface area contributed by atoms with Gasteiger partial charge in [-0.1, -0.05) is 36.2 Å². The fourth-order valence-corrected chi connectivity index (χ4v) is 2.41. The highest BCUT2D eigenvalue weighted by Crippen LogP contribution is 2.21. The first kappa shape index (κ1) is 13.7. The molecule has 0 radical (unpaired) electrons. The van der Waals surface area contributed by atoms with Gasteiger partial charge >= 0.3 is 0 Å². The largest absolute Gasteiger partial charge is 0.352 e. The van der Waals surface area contributed by atoms with Crippen LogP contribution in [0.25, 0.3) is 0 Å². The summed E-state index contributed by atoms with van der Waals surface area (Å²) >= 11 is 6.74. The third kappa shape index (κ3) is 3.91. The minimum absolute atomic E-state index is 0.0281. The first-order chi connectivity index (χ1) is 7.54. The normalized spacial score (nSPS) is 12.2. The average molecular weight is 349 g/mol. The Hall–Kier alpha value is -0.350. The van der Waals surface area contributed by atoms with Gasteiger partial charge in [0, 0.05) is 15.5 Å². The van der Waals surface area contributed by atoms with Gasteiger partial charge in [-0.25, -0.2) is 0 Å². The van der Waals surface area contributed by atoms with Crippen molar-refractivity contribution in [3.8, 4) is 0 Å². The van der Waals surface area contributed by atoms with Crippen LogP contribution in [-0.2, 0) is 0 Å². The molecule has 0 aromatic heterocycles. The summed E-state index contributed by atoms with van der Waals surface area (Å²) in [5, 5.41) is 2.93. The zero-order valence-electron chi connectivity index (χ0n) is 9.39. The number of benzene rings is 1. The fraction of sp³-hybridized carbons (Fsp3) is 0.417. The van der Waals surface area contributed by atoms with Crippen molar-refractivity contribution in [2.24, 2.45) is 5.92 Å². The van der Waals surface area contributed by atoms with Crippen molar-refractivity contribution in [3.05, 3.63) is 32.7 Å². The van der Waals surface area contributed by atoms with Crippen LogP contribution in [0.15, 0.2) is 27.1 Å².